The highest BCUT2D eigenvalue weighted by atomic mass is 32.2. The molecule has 8 nitrogen and oxygen atoms in total. The summed E-state index contributed by atoms with van der Waals surface area (Å²) in [6, 6.07) is 6.60. The highest BCUT2D eigenvalue weighted by Gasteiger charge is 2.46. The van der Waals surface area contributed by atoms with E-state index in [1.807, 2.05) is 23.5 Å². The van der Waals surface area contributed by atoms with E-state index in [0.717, 1.165) is 11.5 Å². The molecular weight excluding hydrogens is 428 g/mol. The summed E-state index contributed by atoms with van der Waals surface area (Å²) in [5, 5.41) is 0. The standard InChI is InChI=1S/C20H22N2O6S2/c1-19(11-20(2)29-8-9-30-20)27-13-7-5-6-12(16(13)17(23)28-19)26-18-21-14(24-3)10-15(22-18)25-4/h5-7,10H,8-9,11H2,1-4H3. The van der Waals surface area contributed by atoms with Gasteiger partial charge in [0, 0.05) is 24.9 Å². The Morgan fingerprint density at radius 1 is 1.07 bits per heavy atom. The van der Waals surface area contributed by atoms with Crippen LogP contribution in [0.15, 0.2) is 24.3 Å². The van der Waals surface area contributed by atoms with Gasteiger partial charge in [0.1, 0.15) is 17.1 Å². The number of carbonyl (C=O) groups excluding carboxylic acids is 1. The maximum atomic E-state index is 13.0. The fourth-order valence-corrected chi connectivity index (χ4v) is 6.53. The van der Waals surface area contributed by atoms with Gasteiger partial charge in [-0.3, -0.25) is 0 Å². The van der Waals surface area contributed by atoms with Gasteiger partial charge < -0.3 is 23.7 Å². The van der Waals surface area contributed by atoms with Crippen molar-refractivity contribution in [2.75, 3.05) is 25.7 Å². The zero-order valence-corrected chi connectivity index (χ0v) is 18.7. The summed E-state index contributed by atoms with van der Waals surface area (Å²) in [4.78, 5) is 21.2. The Balaban J connectivity index is 1.62. The molecule has 0 N–H and O–H groups in total. The van der Waals surface area contributed by atoms with Gasteiger partial charge in [-0.1, -0.05) is 6.07 Å². The van der Waals surface area contributed by atoms with Crippen molar-refractivity contribution in [3.63, 3.8) is 0 Å². The molecule has 10 heteroatoms. The van der Waals surface area contributed by atoms with E-state index in [-0.39, 0.29) is 33.2 Å². The number of rotatable bonds is 6. The molecule has 1 saturated heterocycles. The lowest BCUT2D eigenvalue weighted by molar-refractivity contribution is -0.146. The second-order valence-corrected chi connectivity index (χ2v) is 10.6. The van der Waals surface area contributed by atoms with Gasteiger partial charge in [0.25, 0.3) is 5.79 Å². The molecule has 0 spiro atoms. The Bertz CT molecular complexity index is 944. The predicted octanol–water partition coefficient (Wildman–Crippen LogP) is 4.14. The molecule has 1 aromatic carbocycles. The average Bonchev–Trinajstić information content (AvgIpc) is 3.12. The first-order valence-corrected chi connectivity index (χ1v) is 11.3. The van der Waals surface area contributed by atoms with Crippen molar-refractivity contribution in [1.82, 2.24) is 9.97 Å². The number of nitrogens with zero attached hydrogens (tertiary/aromatic N) is 2. The highest BCUT2D eigenvalue weighted by Crippen LogP contribution is 2.50. The lowest BCUT2D eigenvalue weighted by Gasteiger charge is -2.39. The summed E-state index contributed by atoms with van der Waals surface area (Å²) in [6.07, 6.45) is 0.571. The zero-order valence-electron chi connectivity index (χ0n) is 17.1. The van der Waals surface area contributed by atoms with Crippen LogP contribution < -0.4 is 18.9 Å². The average molecular weight is 451 g/mol. The summed E-state index contributed by atoms with van der Waals surface area (Å²) in [5.41, 5.74) is 0.192. The van der Waals surface area contributed by atoms with Gasteiger partial charge in [0.15, 0.2) is 0 Å². The van der Waals surface area contributed by atoms with Crippen LogP contribution in [0.4, 0.5) is 0 Å². The molecule has 0 saturated carbocycles. The number of ether oxygens (including phenoxy) is 5. The molecule has 1 unspecified atom stereocenters. The van der Waals surface area contributed by atoms with Gasteiger partial charge in [0.05, 0.1) is 24.4 Å². The molecule has 2 aliphatic heterocycles. The van der Waals surface area contributed by atoms with Crippen molar-refractivity contribution in [3.8, 4) is 29.3 Å². The fraction of sp³-hybridized carbons (Fsp3) is 0.450. The van der Waals surface area contributed by atoms with Crippen molar-refractivity contribution in [3.05, 3.63) is 29.8 Å². The van der Waals surface area contributed by atoms with Gasteiger partial charge in [0.2, 0.25) is 11.8 Å². The Morgan fingerprint density at radius 2 is 1.73 bits per heavy atom. The van der Waals surface area contributed by atoms with Crippen LogP contribution in [0, 0.1) is 0 Å². The number of methoxy groups -OCH3 is 2. The van der Waals surface area contributed by atoms with Crippen molar-refractivity contribution in [2.24, 2.45) is 0 Å². The van der Waals surface area contributed by atoms with Gasteiger partial charge in [-0.15, -0.1) is 23.5 Å². The topological polar surface area (TPSA) is 89.0 Å². The highest BCUT2D eigenvalue weighted by molar-refractivity contribution is 8.21. The second kappa shape index (κ2) is 8.07. The van der Waals surface area contributed by atoms with E-state index >= 15 is 0 Å². The molecule has 30 heavy (non-hydrogen) atoms. The summed E-state index contributed by atoms with van der Waals surface area (Å²) < 4.78 is 27.9. The Hall–Kier alpha value is -2.33. The van der Waals surface area contributed by atoms with Crippen LogP contribution in [0.1, 0.15) is 30.6 Å². The van der Waals surface area contributed by atoms with Crippen molar-refractivity contribution in [1.29, 1.82) is 0 Å². The predicted molar refractivity (Wildman–Crippen MR) is 114 cm³/mol. The van der Waals surface area contributed by atoms with Crippen LogP contribution in [-0.4, -0.2) is 51.5 Å². The molecule has 0 aliphatic carbocycles. The molecule has 1 aromatic heterocycles. The van der Waals surface area contributed by atoms with Crippen LogP contribution in [0.2, 0.25) is 0 Å². The normalized spacial score (nSPS) is 21.9. The SMILES string of the molecule is COc1cc(OC)nc(Oc2cccc3c2C(=O)OC(C)(CC2(C)SCCS2)O3)n1. The monoisotopic (exact) mass is 450 g/mol. The molecule has 1 atom stereocenters. The smallest absolute Gasteiger partial charge is 0.349 e. The van der Waals surface area contributed by atoms with Crippen molar-refractivity contribution in [2.45, 2.75) is 30.1 Å². The Labute approximate surface area is 183 Å². The van der Waals surface area contributed by atoms with Crippen LogP contribution >= 0.6 is 23.5 Å². The number of hydrogen-bond donors (Lipinski definition) is 0. The maximum Gasteiger partial charge on any atom is 0.349 e. The van der Waals surface area contributed by atoms with Crippen molar-refractivity contribution < 1.29 is 28.5 Å². The molecule has 4 rings (SSSR count). The minimum atomic E-state index is -1.06. The molecule has 3 heterocycles. The summed E-state index contributed by atoms with van der Waals surface area (Å²) in [6.45, 7) is 3.95. The third-order valence-electron chi connectivity index (χ3n) is 4.65. The van der Waals surface area contributed by atoms with E-state index in [9.17, 15) is 4.79 Å². The summed E-state index contributed by atoms with van der Waals surface area (Å²) >= 11 is 3.72. The quantitative estimate of drug-likeness (QED) is 0.598. The van der Waals surface area contributed by atoms with E-state index in [1.165, 1.54) is 20.3 Å². The first kappa shape index (κ1) is 20.9. The molecule has 2 aliphatic rings. The first-order chi connectivity index (χ1) is 14.3. The fourth-order valence-electron chi connectivity index (χ4n) is 3.43. The van der Waals surface area contributed by atoms with E-state index in [1.54, 1.807) is 25.1 Å². The lowest BCUT2D eigenvalue weighted by Crippen LogP contribution is -2.45. The summed E-state index contributed by atoms with van der Waals surface area (Å²) in [7, 11) is 2.95. The molecule has 0 amide bonds. The minimum Gasteiger partial charge on any atom is -0.481 e. The largest absolute Gasteiger partial charge is 0.481 e. The van der Waals surface area contributed by atoms with Crippen LogP contribution in [0.3, 0.4) is 0 Å². The zero-order chi connectivity index (χ0) is 21.4. The number of benzene rings is 1. The summed E-state index contributed by atoms with van der Waals surface area (Å²) in [5.74, 6) is 1.75. The third-order valence-corrected chi connectivity index (χ3v) is 7.94. The molecule has 1 fully saturated rings. The number of thioether (sulfide) groups is 2. The number of cyclic esters (lactones) is 1. The van der Waals surface area contributed by atoms with Gasteiger partial charge in [-0.2, -0.15) is 9.97 Å². The number of hydrogen-bond acceptors (Lipinski definition) is 10. The minimum absolute atomic E-state index is 0.0213. The van der Waals surface area contributed by atoms with Crippen molar-refractivity contribution >= 4 is 29.5 Å². The Morgan fingerprint density at radius 3 is 2.37 bits per heavy atom. The lowest BCUT2D eigenvalue weighted by atomic mass is 10.1. The number of esters is 1. The van der Waals surface area contributed by atoms with E-state index < -0.39 is 11.8 Å². The Kier molecular flexibility index (Phi) is 5.63. The van der Waals surface area contributed by atoms with E-state index in [2.05, 4.69) is 16.9 Å². The van der Waals surface area contributed by atoms with Crippen LogP contribution in [0.25, 0.3) is 0 Å². The number of carbonyl (C=O) groups is 1. The van der Waals surface area contributed by atoms with Gasteiger partial charge in [-0.25, -0.2) is 4.79 Å². The number of fused-ring (bicyclic) bond motifs is 1. The molecular formula is C20H22N2O6S2. The van der Waals surface area contributed by atoms with Gasteiger partial charge in [-0.05, 0) is 19.1 Å². The van der Waals surface area contributed by atoms with E-state index in [0.29, 0.717) is 12.2 Å². The third kappa shape index (κ3) is 4.24. The van der Waals surface area contributed by atoms with Gasteiger partial charge >= 0.3 is 12.0 Å². The number of aromatic nitrogens is 2. The molecule has 0 radical (unpaired) electrons. The molecule has 0 bridgehead atoms. The molecule has 2 aromatic rings. The maximum absolute atomic E-state index is 13.0. The second-order valence-electron chi connectivity index (χ2n) is 7.10. The first-order valence-electron chi connectivity index (χ1n) is 9.31. The van der Waals surface area contributed by atoms with E-state index in [4.69, 9.17) is 23.7 Å². The van der Waals surface area contributed by atoms with Crippen LogP contribution in [-0.2, 0) is 4.74 Å². The molecule has 160 valence electrons. The van der Waals surface area contributed by atoms with Crippen LogP contribution in [0.5, 0.6) is 29.3 Å².